The lowest BCUT2D eigenvalue weighted by atomic mass is 10.1. The molecule has 0 fully saturated rings. The summed E-state index contributed by atoms with van der Waals surface area (Å²) in [7, 11) is 0. The topological polar surface area (TPSA) is 38.7 Å². The fourth-order valence-electron chi connectivity index (χ4n) is 2.17. The van der Waals surface area contributed by atoms with Gasteiger partial charge in [0.2, 0.25) is 5.78 Å². The second-order valence-electron chi connectivity index (χ2n) is 5.31. The van der Waals surface area contributed by atoms with E-state index in [0.29, 0.717) is 11.3 Å². The van der Waals surface area contributed by atoms with Crippen LogP contribution in [0.5, 0.6) is 0 Å². The van der Waals surface area contributed by atoms with Crippen molar-refractivity contribution in [2.75, 3.05) is 0 Å². The molecule has 0 unspecified atom stereocenters. The summed E-state index contributed by atoms with van der Waals surface area (Å²) in [6.07, 6.45) is -3.20. The molecule has 0 N–H and O–H groups in total. The predicted octanol–water partition coefficient (Wildman–Crippen LogP) is 4.68. The Kier molecular flexibility index (Phi) is 3.97. The lowest BCUT2D eigenvalue weighted by Crippen LogP contribution is -2.07. The number of hydrogen-bond donors (Lipinski definition) is 0. The molecule has 1 heterocycles. The molecule has 0 radical (unpaired) electrons. The van der Waals surface area contributed by atoms with Gasteiger partial charge in [-0.05, 0) is 25.1 Å². The van der Waals surface area contributed by atoms with E-state index in [1.54, 1.807) is 12.1 Å². The average Bonchev–Trinajstić information content (AvgIpc) is 2.88. The number of rotatable bonds is 2. The highest BCUT2D eigenvalue weighted by Gasteiger charge is 2.30. The normalized spacial score (nSPS) is 16.2. The average molecular weight is 331 g/mol. The van der Waals surface area contributed by atoms with Gasteiger partial charge in [-0.3, -0.25) is 4.79 Å². The van der Waals surface area contributed by atoms with Crippen molar-refractivity contribution in [2.45, 2.75) is 13.1 Å². The van der Waals surface area contributed by atoms with E-state index in [2.05, 4.69) is 4.99 Å². The van der Waals surface area contributed by atoms with Crippen LogP contribution in [-0.4, -0.2) is 11.7 Å². The molecular weight excluding hydrogens is 319 g/mol. The van der Waals surface area contributed by atoms with Gasteiger partial charge in [-0.1, -0.05) is 35.9 Å². The summed E-state index contributed by atoms with van der Waals surface area (Å²) in [5.41, 5.74) is 0.929. The molecule has 3 nitrogen and oxygen atoms in total. The predicted molar refractivity (Wildman–Crippen MR) is 83.8 cm³/mol. The molecule has 0 amide bonds. The van der Waals surface area contributed by atoms with Crippen LogP contribution in [0.1, 0.15) is 16.7 Å². The highest BCUT2D eigenvalue weighted by atomic mass is 19.4. The van der Waals surface area contributed by atoms with Crippen molar-refractivity contribution in [3.63, 3.8) is 0 Å². The number of alkyl halides is 3. The van der Waals surface area contributed by atoms with Gasteiger partial charge in [0.25, 0.3) is 5.90 Å². The number of aryl methyl sites for hydroxylation is 1. The molecule has 0 spiro atoms. The number of hydrogen-bond acceptors (Lipinski definition) is 3. The summed E-state index contributed by atoms with van der Waals surface area (Å²) in [6, 6.07) is 11.7. The molecule has 24 heavy (non-hydrogen) atoms. The minimum atomic E-state index is -4.47. The smallest absolute Gasteiger partial charge is 0.416 e. The highest BCUT2D eigenvalue weighted by Crippen LogP contribution is 2.32. The van der Waals surface area contributed by atoms with Crippen molar-refractivity contribution in [1.29, 1.82) is 0 Å². The molecule has 0 saturated heterocycles. The Balaban J connectivity index is 1.86. The highest BCUT2D eigenvalue weighted by molar-refractivity contribution is 6.45. The zero-order chi connectivity index (χ0) is 17.3. The van der Waals surface area contributed by atoms with Crippen LogP contribution in [0.3, 0.4) is 0 Å². The number of benzene rings is 2. The zero-order valence-corrected chi connectivity index (χ0v) is 12.6. The second-order valence-corrected chi connectivity index (χ2v) is 5.31. The van der Waals surface area contributed by atoms with Gasteiger partial charge in [-0.25, -0.2) is 4.99 Å². The Labute approximate surface area is 136 Å². The molecule has 0 atom stereocenters. The minimum absolute atomic E-state index is 0.00623. The van der Waals surface area contributed by atoms with Gasteiger partial charge in [-0.15, -0.1) is 0 Å². The molecule has 0 aromatic heterocycles. The Morgan fingerprint density at radius 3 is 2.42 bits per heavy atom. The van der Waals surface area contributed by atoms with Crippen LogP contribution in [0, 0.1) is 6.92 Å². The Bertz CT molecular complexity index is 849. The fourth-order valence-corrected chi connectivity index (χ4v) is 2.17. The van der Waals surface area contributed by atoms with E-state index in [-0.39, 0.29) is 11.6 Å². The zero-order valence-electron chi connectivity index (χ0n) is 12.6. The maximum Gasteiger partial charge on any atom is 0.416 e. The van der Waals surface area contributed by atoms with Crippen LogP contribution in [0.2, 0.25) is 0 Å². The molecule has 0 aliphatic carbocycles. The van der Waals surface area contributed by atoms with Crippen LogP contribution in [0.15, 0.2) is 59.6 Å². The van der Waals surface area contributed by atoms with Crippen LogP contribution in [0.25, 0.3) is 5.76 Å². The third kappa shape index (κ3) is 3.37. The number of aliphatic imine (C=N–C) groups is 1. The maximum absolute atomic E-state index is 12.7. The van der Waals surface area contributed by atoms with Crippen LogP contribution in [0.4, 0.5) is 18.9 Å². The molecule has 0 saturated carbocycles. The van der Waals surface area contributed by atoms with Crippen LogP contribution >= 0.6 is 0 Å². The van der Waals surface area contributed by atoms with Crippen molar-refractivity contribution in [2.24, 2.45) is 4.99 Å². The Morgan fingerprint density at radius 2 is 1.75 bits per heavy atom. The molecule has 122 valence electrons. The summed E-state index contributed by atoms with van der Waals surface area (Å²) in [6.45, 7) is 1.93. The monoisotopic (exact) mass is 331 g/mol. The number of carbonyl (C=O) groups is 1. The van der Waals surface area contributed by atoms with Crippen LogP contribution < -0.4 is 0 Å². The van der Waals surface area contributed by atoms with Crippen molar-refractivity contribution < 1.29 is 22.7 Å². The molecule has 1 aliphatic rings. The summed E-state index contributed by atoms with van der Waals surface area (Å²) >= 11 is 0. The Morgan fingerprint density at radius 1 is 1.04 bits per heavy atom. The quantitative estimate of drug-likeness (QED) is 0.801. The number of ketones is 1. The van der Waals surface area contributed by atoms with Gasteiger partial charge in [0, 0.05) is 11.6 Å². The van der Waals surface area contributed by atoms with Gasteiger partial charge in [0.15, 0.2) is 0 Å². The molecular formula is C18H12F3NO2. The fraction of sp³-hybridized carbons (Fsp3) is 0.111. The first-order valence-electron chi connectivity index (χ1n) is 7.10. The summed E-state index contributed by atoms with van der Waals surface area (Å²) in [5.74, 6) is -0.404. The summed E-state index contributed by atoms with van der Waals surface area (Å²) < 4.78 is 43.6. The van der Waals surface area contributed by atoms with Gasteiger partial charge < -0.3 is 4.74 Å². The van der Waals surface area contributed by atoms with Gasteiger partial charge in [-0.2, -0.15) is 13.2 Å². The van der Waals surface area contributed by atoms with Gasteiger partial charge >= 0.3 is 6.18 Å². The standard InChI is InChI=1S/C18H12F3NO2/c1-11-5-7-12(8-6-11)16-10-15(23)17(24-16)22-14-4-2-3-13(9-14)18(19,20)21/h2-10H,1H3. The van der Waals surface area contributed by atoms with E-state index >= 15 is 0 Å². The van der Waals surface area contributed by atoms with Crippen molar-refractivity contribution in [3.05, 3.63) is 71.3 Å². The lowest BCUT2D eigenvalue weighted by Gasteiger charge is -2.07. The molecule has 1 aliphatic heterocycles. The second kappa shape index (κ2) is 5.96. The minimum Gasteiger partial charge on any atom is -0.435 e. The number of nitrogens with zero attached hydrogens (tertiary/aromatic N) is 1. The largest absolute Gasteiger partial charge is 0.435 e. The summed E-state index contributed by atoms with van der Waals surface area (Å²) in [4.78, 5) is 15.9. The number of ether oxygens (including phenoxy) is 1. The van der Waals surface area contributed by atoms with Gasteiger partial charge in [0.05, 0.1) is 11.3 Å². The van der Waals surface area contributed by atoms with E-state index in [4.69, 9.17) is 4.74 Å². The van der Waals surface area contributed by atoms with Crippen molar-refractivity contribution in [1.82, 2.24) is 0 Å². The SMILES string of the molecule is Cc1ccc(C2=CC(=O)C(=Nc3cccc(C(F)(F)F)c3)O2)cc1. The van der Waals surface area contributed by atoms with Crippen molar-refractivity contribution in [3.8, 4) is 0 Å². The van der Waals surface area contributed by atoms with E-state index in [0.717, 1.165) is 17.7 Å². The maximum atomic E-state index is 12.7. The summed E-state index contributed by atoms with van der Waals surface area (Å²) in [5, 5.41) is 0. The van der Waals surface area contributed by atoms with Crippen molar-refractivity contribution >= 4 is 23.1 Å². The first-order chi connectivity index (χ1) is 11.3. The van der Waals surface area contributed by atoms with E-state index in [1.807, 2.05) is 19.1 Å². The molecule has 0 bridgehead atoms. The van der Waals surface area contributed by atoms with E-state index in [1.165, 1.54) is 18.2 Å². The van der Waals surface area contributed by atoms with Crippen LogP contribution in [-0.2, 0) is 15.7 Å². The number of halogens is 3. The third-order valence-electron chi connectivity index (χ3n) is 3.42. The lowest BCUT2D eigenvalue weighted by molar-refractivity contribution is -0.137. The Hall–Kier alpha value is -2.89. The molecule has 6 heteroatoms. The third-order valence-corrected chi connectivity index (χ3v) is 3.42. The molecule has 3 rings (SSSR count). The first kappa shape index (κ1) is 16.0. The van der Waals surface area contributed by atoms with E-state index < -0.39 is 17.5 Å². The number of carbonyl (C=O) groups excluding carboxylic acids is 1. The molecule has 2 aromatic carbocycles. The van der Waals surface area contributed by atoms with E-state index in [9.17, 15) is 18.0 Å². The van der Waals surface area contributed by atoms with Gasteiger partial charge in [0.1, 0.15) is 5.76 Å². The molecule has 2 aromatic rings. The first-order valence-corrected chi connectivity index (χ1v) is 7.10.